The van der Waals surface area contributed by atoms with Gasteiger partial charge in [0.25, 0.3) is 0 Å². The maximum absolute atomic E-state index is 8.02. The first-order chi connectivity index (χ1) is 8.36. The number of benzene rings is 2. The van der Waals surface area contributed by atoms with Crippen LogP contribution in [0.1, 0.15) is 12.5 Å². The van der Waals surface area contributed by atoms with E-state index in [1.54, 1.807) is 0 Å². The molecular formula is C15H17N. The second-order valence-corrected chi connectivity index (χ2v) is 3.73. The minimum Gasteiger partial charge on any atom is -0.312 e. The largest absolute Gasteiger partial charge is 0.312 e. The smallest absolute Gasteiger partial charge is 0.0329 e. The van der Waals surface area contributed by atoms with E-state index in [9.17, 15) is 0 Å². The molecule has 0 bridgehead atoms. The monoisotopic (exact) mass is 212 g/mol. The van der Waals surface area contributed by atoms with Crippen molar-refractivity contribution in [2.24, 2.45) is 0 Å². The molecule has 1 heteroatoms. The fourth-order valence-electron chi connectivity index (χ4n) is 1.59. The van der Waals surface area contributed by atoms with Crippen LogP contribution in [-0.2, 0) is 12.9 Å². The Morgan fingerprint density at radius 3 is 2.00 bits per heavy atom. The van der Waals surface area contributed by atoms with Crippen LogP contribution >= 0.6 is 0 Å². The van der Waals surface area contributed by atoms with Gasteiger partial charge in [-0.05, 0) is 24.1 Å². The van der Waals surface area contributed by atoms with Crippen molar-refractivity contribution >= 4 is 0 Å². The van der Waals surface area contributed by atoms with Crippen molar-refractivity contribution < 1.29 is 1.37 Å². The van der Waals surface area contributed by atoms with Crippen LogP contribution in [0.25, 0.3) is 0 Å². The lowest BCUT2D eigenvalue weighted by Gasteiger charge is -2.04. The summed E-state index contributed by atoms with van der Waals surface area (Å²) in [6.45, 7) is 1.50. The second-order valence-electron chi connectivity index (χ2n) is 3.73. The van der Waals surface area contributed by atoms with Gasteiger partial charge in [0.1, 0.15) is 0 Å². The summed E-state index contributed by atoms with van der Waals surface area (Å²) < 4.78 is 8.02. The molecule has 0 aliphatic heterocycles. The Hall–Kier alpha value is -1.60. The molecule has 0 aromatic heterocycles. The van der Waals surface area contributed by atoms with Crippen LogP contribution < -0.4 is 5.32 Å². The van der Waals surface area contributed by atoms with E-state index in [-0.39, 0.29) is 6.40 Å². The standard InChI is InChI=1S/C15H17N/c1-3-7-14(8-4-1)11-12-16-13-15-9-5-2-6-10-15/h1-10,16H,11-13H2/i11D/t11-/m0/s1. The van der Waals surface area contributed by atoms with Gasteiger partial charge in [-0.15, -0.1) is 0 Å². The van der Waals surface area contributed by atoms with E-state index in [1.807, 2.05) is 48.5 Å². The Kier molecular flexibility index (Phi) is 3.66. The first-order valence-corrected chi connectivity index (χ1v) is 5.58. The molecule has 2 rings (SSSR count). The molecule has 0 fully saturated rings. The van der Waals surface area contributed by atoms with E-state index in [2.05, 4.69) is 17.4 Å². The molecule has 0 heterocycles. The van der Waals surface area contributed by atoms with E-state index >= 15 is 0 Å². The summed E-state index contributed by atoms with van der Waals surface area (Å²) in [7, 11) is 0. The molecule has 0 radical (unpaired) electrons. The fraction of sp³-hybridized carbons (Fsp3) is 0.200. The summed E-state index contributed by atoms with van der Waals surface area (Å²) in [4.78, 5) is 0. The highest BCUT2D eigenvalue weighted by atomic mass is 14.8. The van der Waals surface area contributed by atoms with Crippen molar-refractivity contribution in [1.29, 1.82) is 0 Å². The third kappa shape index (κ3) is 3.52. The van der Waals surface area contributed by atoms with Crippen molar-refractivity contribution in [2.45, 2.75) is 12.9 Å². The Balaban J connectivity index is 1.79. The molecule has 82 valence electrons. The number of hydrogen-bond acceptors (Lipinski definition) is 1. The molecule has 0 amide bonds. The van der Waals surface area contributed by atoms with Crippen molar-refractivity contribution in [3.63, 3.8) is 0 Å². The Bertz CT molecular complexity index is 427. The van der Waals surface area contributed by atoms with E-state index in [0.29, 0.717) is 6.54 Å². The molecule has 0 aliphatic rings. The normalized spacial score (nSPS) is 13.1. The first kappa shape index (κ1) is 9.61. The topological polar surface area (TPSA) is 12.0 Å². The van der Waals surface area contributed by atoms with Crippen molar-refractivity contribution in [3.05, 3.63) is 71.8 Å². The zero-order valence-electron chi connectivity index (χ0n) is 10.3. The molecule has 0 saturated heterocycles. The molecule has 0 aliphatic carbocycles. The molecule has 0 unspecified atom stereocenters. The maximum Gasteiger partial charge on any atom is 0.0329 e. The number of nitrogens with one attached hydrogen (secondary N) is 1. The molecular weight excluding hydrogens is 194 g/mol. The van der Waals surface area contributed by atoms with Crippen LogP contribution in [0.5, 0.6) is 0 Å². The Morgan fingerprint density at radius 1 is 0.812 bits per heavy atom. The van der Waals surface area contributed by atoms with Gasteiger partial charge in [-0.2, -0.15) is 0 Å². The highest BCUT2D eigenvalue weighted by molar-refractivity contribution is 5.16. The molecule has 16 heavy (non-hydrogen) atoms. The van der Waals surface area contributed by atoms with Gasteiger partial charge in [0.15, 0.2) is 0 Å². The summed E-state index contributed by atoms with van der Waals surface area (Å²) in [5, 5.41) is 3.31. The molecule has 0 spiro atoms. The lowest BCUT2D eigenvalue weighted by molar-refractivity contribution is 0.687. The lowest BCUT2D eigenvalue weighted by atomic mass is 10.1. The van der Waals surface area contributed by atoms with E-state index in [4.69, 9.17) is 1.37 Å². The van der Waals surface area contributed by atoms with Crippen molar-refractivity contribution in [2.75, 3.05) is 6.54 Å². The molecule has 1 atom stereocenters. The fourth-order valence-corrected chi connectivity index (χ4v) is 1.59. The van der Waals surface area contributed by atoms with E-state index < -0.39 is 0 Å². The van der Waals surface area contributed by atoms with E-state index in [1.165, 1.54) is 5.56 Å². The van der Waals surface area contributed by atoms with E-state index in [0.717, 1.165) is 12.1 Å². The number of rotatable bonds is 5. The van der Waals surface area contributed by atoms with Crippen LogP contribution in [0.15, 0.2) is 60.7 Å². The zero-order valence-corrected chi connectivity index (χ0v) is 9.27. The van der Waals surface area contributed by atoms with Gasteiger partial charge < -0.3 is 5.32 Å². The lowest BCUT2D eigenvalue weighted by Crippen LogP contribution is -2.16. The van der Waals surface area contributed by atoms with Crippen LogP contribution in [-0.4, -0.2) is 6.54 Å². The molecule has 0 saturated carbocycles. The minimum atomic E-state index is -0.195. The molecule has 2 aromatic rings. The average Bonchev–Trinajstić information content (AvgIpc) is 2.41. The van der Waals surface area contributed by atoms with Crippen molar-refractivity contribution in [1.82, 2.24) is 5.32 Å². The Morgan fingerprint density at radius 2 is 1.38 bits per heavy atom. The summed E-state index contributed by atoms with van der Waals surface area (Å²) in [6, 6.07) is 20.2. The zero-order chi connectivity index (χ0) is 11.9. The van der Waals surface area contributed by atoms with Gasteiger partial charge in [0, 0.05) is 7.92 Å². The van der Waals surface area contributed by atoms with Crippen LogP contribution in [0.4, 0.5) is 0 Å². The predicted octanol–water partition coefficient (Wildman–Crippen LogP) is 3.02. The quantitative estimate of drug-likeness (QED) is 0.803. The SMILES string of the molecule is [2H][C@@H](CNCc1ccccc1)c1ccccc1. The van der Waals surface area contributed by atoms with Gasteiger partial charge >= 0.3 is 0 Å². The number of hydrogen-bond donors (Lipinski definition) is 1. The first-order valence-electron chi connectivity index (χ1n) is 6.16. The molecule has 1 N–H and O–H groups in total. The predicted molar refractivity (Wildman–Crippen MR) is 68.3 cm³/mol. The van der Waals surface area contributed by atoms with Crippen molar-refractivity contribution in [3.8, 4) is 0 Å². The molecule has 2 aromatic carbocycles. The van der Waals surface area contributed by atoms with Gasteiger partial charge in [-0.3, -0.25) is 0 Å². The highest BCUT2D eigenvalue weighted by Gasteiger charge is 1.92. The summed E-state index contributed by atoms with van der Waals surface area (Å²) >= 11 is 0. The molecule has 1 nitrogen and oxygen atoms in total. The van der Waals surface area contributed by atoms with Crippen LogP contribution in [0.2, 0.25) is 0 Å². The second kappa shape index (κ2) is 6.09. The van der Waals surface area contributed by atoms with Crippen LogP contribution in [0, 0.1) is 0 Å². The van der Waals surface area contributed by atoms with Gasteiger partial charge in [0.05, 0.1) is 0 Å². The van der Waals surface area contributed by atoms with Gasteiger partial charge in [-0.25, -0.2) is 0 Å². The maximum atomic E-state index is 8.02. The summed E-state index contributed by atoms with van der Waals surface area (Å²) in [5.41, 5.74) is 2.32. The van der Waals surface area contributed by atoms with Gasteiger partial charge in [-0.1, -0.05) is 60.7 Å². The Labute approximate surface area is 98.5 Å². The highest BCUT2D eigenvalue weighted by Crippen LogP contribution is 2.00. The average molecular weight is 212 g/mol. The summed E-state index contributed by atoms with van der Waals surface area (Å²) in [5.74, 6) is 0. The van der Waals surface area contributed by atoms with Crippen LogP contribution in [0.3, 0.4) is 0 Å². The summed E-state index contributed by atoms with van der Waals surface area (Å²) in [6.07, 6.45) is -0.195. The minimum absolute atomic E-state index is 0.195. The van der Waals surface area contributed by atoms with Gasteiger partial charge in [0.2, 0.25) is 0 Å². The third-order valence-electron chi connectivity index (χ3n) is 2.45. The third-order valence-corrected chi connectivity index (χ3v) is 2.45.